The minimum Gasteiger partial charge on any atom is -0.0620 e. The third kappa shape index (κ3) is 7.83. The molecule has 0 aliphatic heterocycles. The van der Waals surface area contributed by atoms with Gasteiger partial charge < -0.3 is 0 Å². The van der Waals surface area contributed by atoms with Gasteiger partial charge in [0.2, 0.25) is 0 Å². The van der Waals surface area contributed by atoms with Crippen molar-refractivity contribution in [3.8, 4) is 0 Å². The molecule has 3 aromatic rings. The van der Waals surface area contributed by atoms with Crippen molar-refractivity contribution in [3.63, 3.8) is 0 Å². The van der Waals surface area contributed by atoms with Crippen molar-refractivity contribution in [1.29, 1.82) is 0 Å². The molecular weight excluding hydrogens is 623 g/mol. The summed E-state index contributed by atoms with van der Waals surface area (Å²) in [4.78, 5) is 0. The van der Waals surface area contributed by atoms with Crippen LogP contribution in [0.4, 0.5) is 0 Å². The number of rotatable bonds is 3. The van der Waals surface area contributed by atoms with Crippen LogP contribution in [0.3, 0.4) is 0 Å². The zero-order chi connectivity index (χ0) is 17.4. The van der Waals surface area contributed by atoms with Gasteiger partial charge in [-0.05, 0) is 36.4 Å². The van der Waals surface area contributed by atoms with Crippen LogP contribution >= 0.6 is 64.4 Å². The van der Waals surface area contributed by atoms with Crippen molar-refractivity contribution < 1.29 is 5.61 Å². The van der Waals surface area contributed by atoms with Crippen LogP contribution in [0.1, 0.15) is 0 Å². The van der Waals surface area contributed by atoms with Crippen LogP contribution in [0.2, 0.25) is 0 Å². The maximum atomic E-state index is 3.25. The summed E-state index contributed by atoms with van der Waals surface area (Å²) in [6, 6.07) is 32.5. The van der Waals surface area contributed by atoms with Crippen molar-refractivity contribution in [2.24, 2.45) is 0 Å². The van der Waals surface area contributed by atoms with Gasteiger partial charge in [0.15, 0.2) is 0 Å². The van der Waals surface area contributed by atoms with Crippen molar-refractivity contribution in [2.75, 3.05) is 0 Å². The van der Waals surface area contributed by atoms with Crippen molar-refractivity contribution in [3.05, 3.63) is 91.0 Å². The van der Waals surface area contributed by atoms with Crippen LogP contribution in [0.5, 0.6) is 0 Å². The standard InChI is InChI=1S/C18H15P.4BrH.Fe/c1-4-10-16(11-5-1)19(17-12-6-2-7-13-17)18-14-8-3-9-15-18;;;;;/h1-15H;4*1H;/q;;;;;+3/p-3. The molecule has 0 heterocycles. The third-order valence-corrected chi connectivity index (χ3v) is 5.92. The van der Waals surface area contributed by atoms with E-state index in [-0.39, 0.29) is 0 Å². The first kappa shape index (κ1) is 20.8. The zero-order valence-corrected chi connectivity index (χ0v) is 21.0. The average molecular weight is 639 g/mol. The van der Waals surface area contributed by atoms with E-state index >= 15 is 0 Å². The summed E-state index contributed by atoms with van der Waals surface area (Å²) in [6.07, 6.45) is 0. The molecule has 0 aliphatic carbocycles. The normalized spacial score (nSPS) is 11.5. The Bertz CT molecular complexity index is 618. The van der Waals surface area contributed by atoms with Gasteiger partial charge in [0.05, 0.1) is 7.92 Å². The molecule has 0 N–H and O–H groups in total. The Morgan fingerprint density at radius 2 is 0.667 bits per heavy atom. The van der Waals surface area contributed by atoms with Gasteiger partial charge in [0.25, 0.3) is 0 Å². The minimum absolute atomic E-state index is 0.877. The van der Waals surface area contributed by atoms with E-state index < -0.39 is 13.5 Å². The monoisotopic (exact) mass is 635 g/mol. The van der Waals surface area contributed by atoms with E-state index in [0.29, 0.717) is 0 Å². The first-order valence-corrected chi connectivity index (χ1v) is 19.4. The van der Waals surface area contributed by atoms with Gasteiger partial charge in [-0.1, -0.05) is 54.6 Å². The fourth-order valence-electron chi connectivity index (χ4n) is 2.31. The average Bonchev–Trinajstić information content (AvgIpc) is 2.57. The van der Waals surface area contributed by atoms with Crippen molar-refractivity contribution in [1.82, 2.24) is 0 Å². The van der Waals surface area contributed by atoms with Crippen LogP contribution in [0.15, 0.2) is 91.0 Å². The van der Waals surface area contributed by atoms with Gasteiger partial charge in [-0.25, -0.2) is 0 Å². The summed E-state index contributed by atoms with van der Waals surface area (Å²) in [6.45, 7) is 0. The predicted octanol–water partition coefficient (Wildman–Crippen LogP) is 6.56. The molecule has 0 fully saturated rings. The Balaban J connectivity index is 0.000000368. The van der Waals surface area contributed by atoms with Crippen LogP contribution in [-0.2, 0) is 5.61 Å². The topological polar surface area (TPSA) is 0 Å². The van der Waals surface area contributed by atoms with Gasteiger partial charge in [0.1, 0.15) is 15.9 Å². The third-order valence-electron chi connectivity index (χ3n) is 3.19. The zero-order valence-electron chi connectivity index (χ0n) is 12.5. The summed E-state index contributed by atoms with van der Waals surface area (Å²) in [5, 5.41) is 4.31. The van der Waals surface area contributed by atoms with Gasteiger partial charge >= 0.3 is 62.1 Å². The van der Waals surface area contributed by atoms with E-state index in [1.807, 2.05) is 0 Å². The Hall–Kier alpha value is 0.529. The smallest absolute Gasteiger partial charge is 0.0620 e. The van der Waals surface area contributed by atoms with Gasteiger partial charge in [-0.15, -0.1) is 0 Å². The molecule has 6 heteroatoms. The fraction of sp³-hybridized carbons (Fsp3) is 0. The molecule has 0 unspecified atom stereocenters. The largest absolute Gasteiger partial charge is 0.102 e. The molecule has 0 aromatic heterocycles. The minimum atomic E-state index is -1.25. The Morgan fingerprint density at radius 3 is 0.875 bits per heavy atom. The van der Waals surface area contributed by atoms with E-state index in [4.69, 9.17) is 0 Å². The Labute approximate surface area is 175 Å². The quantitative estimate of drug-likeness (QED) is 0.225. The molecule has 0 saturated heterocycles. The van der Waals surface area contributed by atoms with E-state index in [2.05, 4.69) is 147 Å². The number of hydrogen-bond donors (Lipinski definition) is 0. The Morgan fingerprint density at radius 1 is 0.458 bits per heavy atom. The number of benzene rings is 3. The molecule has 0 spiro atoms. The summed E-state index contributed by atoms with van der Waals surface area (Å²) in [5.74, 6) is 0. The van der Waals surface area contributed by atoms with Gasteiger partial charge in [0, 0.05) is 0 Å². The molecule has 24 heavy (non-hydrogen) atoms. The van der Waals surface area contributed by atoms with Crippen LogP contribution < -0.4 is 15.9 Å². The van der Waals surface area contributed by atoms with Gasteiger partial charge in [-0.2, -0.15) is 0 Å². The Kier molecular flexibility index (Phi) is 9.22. The molecular formula is C18H16Br4FeP. The summed E-state index contributed by atoms with van der Waals surface area (Å²) in [5.41, 5.74) is -1.25. The molecule has 0 radical (unpaired) electrons. The SMILES string of the molecule is [Br][Fe-]([Br])([Br])[Br].c1ccc([PH+](c2ccccc2)c2ccccc2)cc1. The molecule has 0 bridgehead atoms. The number of hydrogen-bond acceptors (Lipinski definition) is 0. The summed E-state index contributed by atoms with van der Waals surface area (Å²) >= 11 is 13.0. The predicted molar refractivity (Wildman–Crippen MR) is 122 cm³/mol. The molecule has 0 aliphatic rings. The van der Waals surface area contributed by atoms with Gasteiger partial charge in [-0.3, -0.25) is 0 Å². The van der Waals surface area contributed by atoms with E-state index in [1.165, 1.54) is 15.9 Å². The fourth-order valence-corrected chi connectivity index (χ4v) is 4.89. The number of halogens is 4. The van der Waals surface area contributed by atoms with E-state index in [0.717, 1.165) is 0 Å². The first-order chi connectivity index (χ1) is 11.4. The van der Waals surface area contributed by atoms with E-state index in [1.54, 1.807) is 0 Å². The van der Waals surface area contributed by atoms with Crippen LogP contribution in [0, 0.1) is 0 Å². The second-order valence-corrected chi connectivity index (χ2v) is 40.7. The molecule has 3 rings (SSSR count). The maximum absolute atomic E-state index is 3.25. The molecule has 0 nitrogen and oxygen atoms in total. The molecule has 0 atom stereocenters. The van der Waals surface area contributed by atoms with E-state index in [9.17, 15) is 0 Å². The molecule has 3 aromatic carbocycles. The summed E-state index contributed by atoms with van der Waals surface area (Å²) < 4.78 is 0. The summed E-state index contributed by atoms with van der Waals surface area (Å²) in [7, 11) is -0.877. The maximum Gasteiger partial charge on any atom is 0.102 e. The molecule has 129 valence electrons. The van der Waals surface area contributed by atoms with Crippen molar-refractivity contribution in [2.45, 2.75) is 0 Å². The first-order valence-electron chi connectivity index (χ1n) is 7.02. The molecule has 0 saturated carbocycles. The van der Waals surface area contributed by atoms with Crippen LogP contribution in [-0.4, -0.2) is 0 Å². The second-order valence-electron chi connectivity index (χ2n) is 4.78. The molecule has 0 amide bonds. The second kappa shape index (κ2) is 10.6. The van der Waals surface area contributed by atoms with Crippen LogP contribution in [0.25, 0.3) is 0 Å². The van der Waals surface area contributed by atoms with Crippen molar-refractivity contribution >= 4 is 80.3 Å².